The third kappa shape index (κ3) is 3.87. The molecular formula is C14H23N9. The van der Waals surface area contributed by atoms with Crippen LogP contribution in [-0.4, -0.2) is 46.0 Å². The minimum atomic E-state index is 0.428. The molecule has 0 spiro atoms. The molecule has 23 heavy (non-hydrogen) atoms. The first kappa shape index (κ1) is 16.5. The molecule has 2 aromatic rings. The van der Waals surface area contributed by atoms with E-state index in [1.165, 1.54) is 4.79 Å². The molecule has 1 aliphatic heterocycles. The van der Waals surface area contributed by atoms with Crippen molar-refractivity contribution in [2.45, 2.75) is 13.8 Å². The van der Waals surface area contributed by atoms with Crippen molar-refractivity contribution in [3.05, 3.63) is 36.2 Å². The molecular weight excluding hydrogens is 294 g/mol. The molecule has 3 heterocycles. The molecule has 0 amide bonds. The van der Waals surface area contributed by atoms with Gasteiger partial charge in [-0.25, -0.2) is 4.98 Å². The lowest BCUT2D eigenvalue weighted by atomic mass is 10.3. The van der Waals surface area contributed by atoms with Crippen LogP contribution in [0.3, 0.4) is 0 Å². The maximum atomic E-state index is 5.73. The maximum Gasteiger partial charge on any atom is 0.190 e. The van der Waals surface area contributed by atoms with Crippen molar-refractivity contribution in [2.75, 3.05) is 41.8 Å². The van der Waals surface area contributed by atoms with Gasteiger partial charge in [-0.05, 0) is 12.1 Å². The maximum absolute atomic E-state index is 5.73. The molecule has 9 nitrogen and oxygen atoms in total. The van der Waals surface area contributed by atoms with Crippen LogP contribution in [-0.2, 0) is 0 Å². The van der Waals surface area contributed by atoms with Gasteiger partial charge in [0.15, 0.2) is 11.3 Å². The second kappa shape index (κ2) is 7.97. The van der Waals surface area contributed by atoms with Crippen molar-refractivity contribution < 1.29 is 0 Å². The summed E-state index contributed by atoms with van der Waals surface area (Å²) in [6.45, 7) is 7.38. The molecule has 4 N–H and O–H groups in total. The Kier molecular flexibility index (Phi) is 5.73. The molecule has 3 rings (SSSR count). The minimum absolute atomic E-state index is 0.428. The highest BCUT2D eigenvalue weighted by Gasteiger charge is 2.19. The molecule has 124 valence electrons. The predicted octanol–water partition coefficient (Wildman–Crippen LogP) is -0.486. The van der Waals surface area contributed by atoms with E-state index >= 15 is 0 Å². The van der Waals surface area contributed by atoms with E-state index in [0.717, 1.165) is 37.8 Å². The second-order valence-corrected chi connectivity index (χ2v) is 4.66. The molecule has 0 atom stereocenters. The first-order valence-electron chi connectivity index (χ1n) is 7.63. The summed E-state index contributed by atoms with van der Waals surface area (Å²) in [6.07, 6.45) is 5.16. The average Bonchev–Trinajstić information content (AvgIpc) is 2.64. The Morgan fingerprint density at radius 1 is 1.00 bits per heavy atom. The van der Waals surface area contributed by atoms with Crippen LogP contribution in [0.4, 0.5) is 11.6 Å². The first-order chi connectivity index (χ1) is 11.3. The van der Waals surface area contributed by atoms with Crippen molar-refractivity contribution in [1.29, 1.82) is 0 Å². The van der Waals surface area contributed by atoms with E-state index in [1.54, 1.807) is 24.7 Å². The third-order valence-corrected chi connectivity index (χ3v) is 3.44. The van der Waals surface area contributed by atoms with E-state index in [1.807, 2.05) is 19.9 Å². The summed E-state index contributed by atoms with van der Waals surface area (Å²) in [5, 5.41) is 7.81. The van der Waals surface area contributed by atoms with E-state index in [2.05, 4.69) is 30.0 Å². The van der Waals surface area contributed by atoms with E-state index in [0.29, 0.717) is 5.49 Å². The number of aromatic nitrogens is 4. The minimum Gasteiger partial charge on any atom is -0.352 e. The van der Waals surface area contributed by atoms with Crippen LogP contribution in [0.1, 0.15) is 13.8 Å². The average molecular weight is 317 g/mol. The number of hydrogen-bond acceptors (Lipinski definition) is 8. The van der Waals surface area contributed by atoms with Crippen LogP contribution in [0.5, 0.6) is 0 Å². The van der Waals surface area contributed by atoms with Gasteiger partial charge < -0.3 is 21.5 Å². The largest absolute Gasteiger partial charge is 0.352 e. The molecule has 0 bridgehead atoms. The van der Waals surface area contributed by atoms with Gasteiger partial charge in [0.2, 0.25) is 0 Å². The summed E-state index contributed by atoms with van der Waals surface area (Å²) >= 11 is 0. The number of rotatable bonds is 2. The van der Waals surface area contributed by atoms with Gasteiger partial charge in [0.1, 0.15) is 5.82 Å². The van der Waals surface area contributed by atoms with Gasteiger partial charge in [-0.15, -0.1) is 5.10 Å². The van der Waals surface area contributed by atoms with Crippen LogP contribution in [0.2, 0.25) is 0 Å². The highest BCUT2D eigenvalue weighted by Crippen LogP contribution is 2.15. The number of nitrogens with zero attached hydrogens (tertiary/aromatic N) is 7. The fourth-order valence-corrected chi connectivity index (χ4v) is 2.31. The standard InChI is InChI=1S/C12H17N9.C2H6/c13-17-10-1-2-11(18-21(10)14)19-5-7-20(8-6-19)12-9-15-3-4-16-12;1-2/h1-4,9H,5-8,13-14H2;1-2H3/b17-10-;. The summed E-state index contributed by atoms with van der Waals surface area (Å²) in [7, 11) is 0. The Labute approximate surface area is 135 Å². The van der Waals surface area contributed by atoms with Crippen LogP contribution in [0.25, 0.3) is 0 Å². The summed E-state index contributed by atoms with van der Waals surface area (Å²) in [5.41, 5.74) is 0.428. The summed E-state index contributed by atoms with van der Waals surface area (Å²) in [5.74, 6) is 12.7. The lowest BCUT2D eigenvalue weighted by Crippen LogP contribution is -2.47. The van der Waals surface area contributed by atoms with Crippen LogP contribution < -0.4 is 27.0 Å². The monoisotopic (exact) mass is 317 g/mol. The number of nitrogens with two attached hydrogens (primary N) is 2. The smallest absolute Gasteiger partial charge is 0.190 e. The number of nitrogen functional groups attached to an aromatic ring is 1. The fraction of sp³-hybridized carbons (Fsp3) is 0.429. The highest BCUT2D eigenvalue weighted by atomic mass is 15.5. The van der Waals surface area contributed by atoms with E-state index < -0.39 is 0 Å². The SMILES string of the molecule is CC.N/N=c1/ccc(N2CCN(c3cnccn3)CC2)nn1N. The van der Waals surface area contributed by atoms with Gasteiger partial charge in [-0.2, -0.15) is 9.89 Å². The Morgan fingerprint density at radius 3 is 2.17 bits per heavy atom. The van der Waals surface area contributed by atoms with Gasteiger partial charge in [-0.3, -0.25) is 4.98 Å². The van der Waals surface area contributed by atoms with Crippen molar-refractivity contribution in [3.63, 3.8) is 0 Å². The Bertz CT molecular complexity index is 659. The quantitative estimate of drug-likeness (QED) is 0.567. The molecule has 2 aromatic heterocycles. The zero-order valence-electron chi connectivity index (χ0n) is 13.5. The summed E-state index contributed by atoms with van der Waals surface area (Å²) in [6, 6.07) is 3.62. The molecule has 0 unspecified atom stereocenters. The first-order valence-corrected chi connectivity index (χ1v) is 7.63. The Morgan fingerprint density at radius 2 is 1.65 bits per heavy atom. The van der Waals surface area contributed by atoms with E-state index in [4.69, 9.17) is 11.7 Å². The third-order valence-electron chi connectivity index (χ3n) is 3.44. The Balaban J connectivity index is 0.000000924. The van der Waals surface area contributed by atoms with Crippen molar-refractivity contribution >= 4 is 11.6 Å². The van der Waals surface area contributed by atoms with Crippen molar-refractivity contribution in [3.8, 4) is 0 Å². The van der Waals surface area contributed by atoms with Crippen LogP contribution in [0, 0.1) is 0 Å². The van der Waals surface area contributed by atoms with Crippen LogP contribution >= 0.6 is 0 Å². The molecule has 1 fully saturated rings. The normalized spacial score (nSPS) is 15.1. The number of hydrogen-bond donors (Lipinski definition) is 2. The second-order valence-electron chi connectivity index (χ2n) is 4.66. The van der Waals surface area contributed by atoms with E-state index in [9.17, 15) is 0 Å². The lowest BCUT2D eigenvalue weighted by Gasteiger charge is -2.35. The molecule has 1 saturated heterocycles. The topological polar surface area (TPSA) is 114 Å². The fourth-order valence-electron chi connectivity index (χ4n) is 2.31. The Hall–Kier alpha value is -2.84. The van der Waals surface area contributed by atoms with Crippen molar-refractivity contribution in [2.24, 2.45) is 10.9 Å². The number of piperazine rings is 1. The molecule has 0 saturated carbocycles. The van der Waals surface area contributed by atoms with Gasteiger partial charge in [0.05, 0.1) is 6.20 Å². The van der Waals surface area contributed by atoms with Gasteiger partial charge >= 0.3 is 0 Å². The number of anilines is 2. The summed E-state index contributed by atoms with van der Waals surface area (Å²) in [4.78, 5) is 14.0. The van der Waals surface area contributed by atoms with Gasteiger partial charge in [0, 0.05) is 38.6 Å². The highest BCUT2D eigenvalue weighted by molar-refractivity contribution is 5.42. The van der Waals surface area contributed by atoms with Crippen molar-refractivity contribution in [1.82, 2.24) is 19.9 Å². The molecule has 0 aliphatic carbocycles. The lowest BCUT2D eigenvalue weighted by molar-refractivity contribution is 0.624. The van der Waals surface area contributed by atoms with E-state index in [-0.39, 0.29) is 0 Å². The molecule has 0 aromatic carbocycles. The zero-order valence-corrected chi connectivity index (χ0v) is 13.5. The van der Waals surface area contributed by atoms with Crippen LogP contribution in [0.15, 0.2) is 35.8 Å². The molecule has 9 heteroatoms. The molecule has 1 aliphatic rings. The van der Waals surface area contributed by atoms with Gasteiger partial charge in [0.25, 0.3) is 0 Å². The van der Waals surface area contributed by atoms with Gasteiger partial charge in [-0.1, -0.05) is 13.8 Å². The molecule has 0 radical (unpaired) electrons. The zero-order chi connectivity index (χ0) is 16.7. The predicted molar refractivity (Wildman–Crippen MR) is 89.9 cm³/mol. The summed E-state index contributed by atoms with van der Waals surface area (Å²) < 4.78 is 0.